The minimum Gasteiger partial charge on any atom is -0.385 e. The van der Waals surface area contributed by atoms with Gasteiger partial charge in [0.2, 0.25) is 0 Å². The second-order valence-corrected chi connectivity index (χ2v) is 6.68. The van der Waals surface area contributed by atoms with Crippen molar-refractivity contribution in [1.82, 2.24) is 25.2 Å². The minimum absolute atomic E-state index is 0.167. The molecule has 0 saturated heterocycles. The number of unbranched alkanes of at least 4 members (excludes halogenated alkanes) is 2. The van der Waals surface area contributed by atoms with Gasteiger partial charge in [0.1, 0.15) is 0 Å². The number of fused-ring (bicyclic) bond motifs is 1. The molecule has 4 aromatic rings. The predicted octanol–water partition coefficient (Wildman–Crippen LogP) is 3.46. The van der Waals surface area contributed by atoms with Crippen LogP contribution in [0, 0.1) is 0 Å². The molecule has 2 aromatic carbocycles. The van der Waals surface area contributed by atoms with Crippen molar-refractivity contribution in [2.45, 2.75) is 25.8 Å². The van der Waals surface area contributed by atoms with Crippen molar-refractivity contribution in [3.63, 3.8) is 0 Å². The summed E-state index contributed by atoms with van der Waals surface area (Å²) in [4.78, 5) is 12.0. The topological polar surface area (TPSA) is 88.5 Å². The summed E-state index contributed by atoms with van der Waals surface area (Å²) in [5.41, 5.74) is 2.64. The van der Waals surface area contributed by atoms with Gasteiger partial charge in [0.05, 0.1) is 17.3 Å². The molecule has 2 heterocycles. The van der Waals surface area contributed by atoms with Gasteiger partial charge in [-0.05, 0) is 37.5 Å². The number of anilines is 1. The summed E-state index contributed by atoms with van der Waals surface area (Å²) >= 11 is 0. The molecule has 7 nitrogen and oxygen atoms in total. The maximum Gasteiger partial charge on any atom is 0.272 e. The maximum atomic E-state index is 12.0. The molecule has 0 aliphatic heterocycles. The van der Waals surface area contributed by atoms with E-state index >= 15 is 0 Å². The number of nitrogens with zero attached hydrogens (tertiary/aromatic N) is 4. The van der Waals surface area contributed by atoms with Crippen molar-refractivity contribution >= 4 is 16.5 Å². The fraction of sp³-hybridized carbons (Fsp3) is 0.238. The van der Waals surface area contributed by atoms with Crippen LogP contribution in [0.2, 0.25) is 0 Å². The highest BCUT2D eigenvalue weighted by atomic mass is 16.1. The Morgan fingerprint density at radius 2 is 1.89 bits per heavy atom. The fourth-order valence-corrected chi connectivity index (χ4v) is 3.27. The number of rotatable bonds is 8. The first-order chi connectivity index (χ1) is 13.8. The molecule has 2 N–H and O–H groups in total. The van der Waals surface area contributed by atoms with Crippen LogP contribution in [-0.2, 0) is 6.54 Å². The summed E-state index contributed by atoms with van der Waals surface area (Å²) in [5, 5.41) is 19.6. The van der Waals surface area contributed by atoms with Gasteiger partial charge >= 0.3 is 0 Å². The van der Waals surface area contributed by atoms with E-state index < -0.39 is 0 Å². The molecule has 0 aliphatic carbocycles. The molecule has 0 aliphatic rings. The lowest BCUT2D eigenvalue weighted by Crippen LogP contribution is -2.09. The van der Waals surface area contributed by atoms with E-state index in [-0.39, 0.29) is 5.56 Å². The van der Waals surface area contributed by atoms with Gasteiger partial charge in [-0.1, -0.05) is 35.5 Å². The van der Waals surface area contributed by atoms with Gasteiger partial charge in [-0.3, -0.25) is 9.48 Å². The van der Waals surface area contributed by atoms with Gasteiger partial charge in [-0.15, -0.1) is 5.10 Å². The van der Waals surface area contributed by atoms with E-state index in [0.29, 0.717) is 5.39 Å². The van der Waals surface area contributed by atoms with Crippen LogP contribution in [0.4, 0.5) is 5.69 Å². The van der Waals surface area contributed by atoms with E-state index in [2.05, 4.69) is 31.9 Å². The molecular weight excluding hydrogens is 352 g/mol. The largest absolute Gasteiger partial charge is 0.385 e. The van der Waals surface area contributed by atoms with Crippen LogP contribution in [-0.4, -0.2) is 31.7 Å². The first-order valence-corrected chi connectivity index (χ1v) is 9.47. The molecule has 0 radical (unpaired) electrons. The molecule has 0 amide bonds. The van der Waals surface area contributed by atoms with E-state index in [1.54, 1.807) is 6.20 Å². The molecule has 0 bridgehead atoms. The van der Waals surface area contributed by atoms with Crippen LogP contribution >= 0.6 is 0 Å². The Balaban J connectivity index is 1.38. The molecular formula is C21H22N6O. The number of aromatic nitrogens is 5. The summed E-state index contributed by atoms with van der Waals surface area (Å²) in [7, 11) is 0. The summed E-state index contributed by atoms with van der Waals surface area (Å²) in [6.45, 7) is 1.81. The zero-order chi connectivity index (χ0) is 19.2. The van der Waals surface area contributed by atoms with E-state index in [9.17, 15) is 4.79 Å². The lowest BCUT2D eigenvalue weighted by molar-refractivity contribution is 0.534. The average molecular weight is 374 g/mol. The Morgan fingerprint density at radius 3 is 2.75 bits per heavy atom. The van der Waals surface area contributed by atoms with Crippen molar-refractivity contribution < 1.29 is 0 Å². The van der Waals surface area contributed by atoms with Crippen LogP contribution in [0.3, 0.4) is 0 Å². The van der Waals surface area contributed by atoms with Crippen molar-refractivity contribution in [3.05, 3.63) is 71.3 Å². The van der Waals surface area contributed by atoms with Gasteiger partial charge in [-0.25, -0.2) is 5.10 Å². The second-order valence-electron chi connectivity index (χ2n) is 6.68. The number of hydrogen-bond donors (Lipinski definition) is 2. The van der Waals surface area contributed by atoms with Crippen molar-refractivity contribution in [2.75, 3.05) is 11.9 Å². The molecule has 0 spiro atoms. The Hall–Kier alpha value is -3.48. The molecule has 4 rings (SSSR count). The zero-order valence-electron chi connectivity index (χ0n) is 15.5. The quantitative estimate of drug-likeness (QED) is 0.461. The van der Waals surface area contributed by atoms with Gasteiger partial charge in [-0.2, -0.15) is 5.10 Å². The first-order valence-electron chi connectivity index (χ1n) is 9.47. The Labute approximate surface area is 162 Å². The maximum absolute atomic E-state index is 12.0. The summed E-state index contributed by atoms with van der Waals surface area (Å²) in [6.07, 6.45) is 6.88. The third kappa shape index (κ3) is 4.09. The monoisotopic (exact) mass is 374 g/mol. The average Bonchev–Trinajstić information content (AvgIpc) is 3.25. The van der Waals surface area contributed by atoms with E-state index in [4.69, 9.17) is 0 Å². The summed E-state index contributed by atoms with van der Waals surface area (Å²) in [6, 6.07) is 15.7. The van der Waals surface area contributed by atoms with Crippen molar-refractivity contribution in [3.8, 4) is 11.3 Å². The van der Waals surface area contributed by atoms with E-state index in [1.807, 2.05) is 53.3 Å². The van der Waals surface area contributed by atoms with Crippen LogP contribution in [0.5, 0.6) is 0 Å². The lowest BCUT2D eigenvalue weighted by atomic mass is 10.0. The fourth-order valence-electron chi connectivity index (χ4n) is 3.27. The van der Waals surface area contributed by atoms with Crippen LogP contribution in [0.15, 0.2) is 65.7 Å². The first kappa shape index (κ1) is 17.9. The van der Waals surface area contributed by atoms with Crippen molar-refractivity contribution in [2.24, 2.45) is 0 Å². The molecule has 28 heavy (non-hydrogen) atoms. The molecule has 0 fully saturated rings. The molecule has 2 aromatic heterocycles. The number of hydrogen-bond acceptors (Lipinski definition) is 5. The smallest absolute Gasteiger partial charge is 0.272 e. The van der Waals surface area contributed by atoms with Gasteiger partial charge in [0, 0.05) is 35.9 Å². The highest BCUT2D eigenvalue weighted by Gasteiger charge is 2.08. The predicted molar refractivity (Wildman–Crippen MR) is 110 cm³/mol. The van der Waals surface area contributed by atoms with Gasteiger partial charge in [0.15, 0.2) is 0 Å². The normalized spacial score (nSPS) is 11.0. The zero-order valence-corrected chi connectivity index (χ0v) is 15.5. The SMILES string of the molecule is O=c1[nH]nc(-c2cccc(NCCCCCn3ccnn3)c2)c2ccccc12. The summed E-state index contributed by atoms with van der Waals surface area (Å²) in [5.74, 6) is 0. The Bertz CT molecular complexity index is 1100. The summed E-state index contributed by atoms with van der Waals surface area (Å²) < 4.78 is 1.86. The minimum atomic E-state index is -0.167. The highest BCUT2D eigenvalue weighted by Crippen LogP contribution is 2.26. The third-order valence-corrected chi connectivity index (χ3v) is 4.70. The van der Waals surface area contributed by atoms with E-state index in [0.717, 1.165) is 54.7 Å². The van der Waals surface area contributed by atoms with Crippen LogP contribution in [0.1, 0.15) is 19.3 Å². The standard InChI is InChI=1S/C21H22N6O/c28-21-19-10-3-2-9-18(19)20(24-25-21)16-7-6-8-17(15-16)22-11-4-1-5-13-27-14-12-23-26-27/h2-3,6-10,12,14-15,22H,1,4-5,11,13H2,(H,25,28). The highest BCUT2D eigenvalue weighted by molar-refractivity contribution is 5.94. The number of aromatic amines is 1. The van der Waals surface area contributed by atoms with Crippen molar-refractivity contribution in [1.29, 1.82) is 0 Å². The van der Waals surface area contributed by atoms with Crippen LogP contribution < -0.4 is 10.9 Å². The third-order valence-electron chi connectivity index (χ3n) is 4.70. The van der Waals surface area contributed by atoms with Gasteiger partial charge < -0.3 is 5.32 Å². The molecule has 0 saturated carbocycles. The van der Waals surface area contributed by atoms with Crippen LogP contribution in [0.25, 0.3) is 22.0 Å². The molecule has 7 heteroatoms. The lowest BCUT2D eigenvalue weighted by Gasteiger charge is -2.09. The Morgan fingerprint density at radius 1 is 1.00 bits per heavy atom. The van der Waals surface area contributed by atoms with E-state index in [1.165, 1.54) is 0 Å². The number of benzene rings is 2. The molecule has 142 valence electrons. The molecule has 0 unspecified atom stereocenters. The number of H-pyrrole nitrogens is 1. The second kappa shape index (κ2) is 8.47. The number of nitrogens with one attached hydrogen (secondary N) is 2. The Kier molecular flexibility index (Phi) is 5.42. The molecule has 0 atom stereocenters. The number of aryl methyl sites for hydroxylation is 1. The van der Waals surface area contributed by atoms with Gasteiger partial charge in [0.25, 0.3) is 5.56 Å².